The predicted molar refractivity (Wildman–Crippen MR) is 133 cm³/mol. The monoisotopic (exact) mass is 451 g/mol. The Hall–Kier alpha value is -4.45. The van der Waals surface area contributed by atoms with Crippen molar-refractivity contribution in [2.24, 2.45) is 5.10 Å². The van der Waals surface area contributed by atoms with Crippen molar-refractivity contribution in [3.05, 3.63) is 114 Å². The number of rotatable bonds is 7. The molecule has 34 heavy (non-hydrogen) atoms. The zero-order valence-corrected chi connectivity index (χ0v) is 18.3. The van der Waals surface area contributed by atoms with Gasteiger partial charge in [-0.3, -0.25) is 4.79 Å². The molecule has 0 aliphatic carbocycles. The molecule has 5 nitrogen and oxygen atoms in total. The van der Waals surface area contributed by atoms with Crippen molar-refractivity contribution in [3.63, 3.8) is 0 Å². The van der Waals surface area contributed by atoms with E-state index in [0.717, 1.165) is 32.8 Å². The number of benzene rings is 4. The number of hydrogen-bond acceptors (Lipinski definition) is 3. The summed E-state index contributed by atoms with van der Waals surface area (Å²) in [6.07, 6.45) is 3.57. The van der Waals surface area contributed by atoms with Crippen molar-refractivity contribution >= 4 is 33.8 Å². The number of carbonyl (C=O) groups excluding carboxylic acids is 1. The van der Waals surface area contributed by atoms with Crippen LogP contribution in [0.3, 0.4) is 0 Å². The van der Waals surface area contributed by atoms with Crippen molar-refractivity contribution in [2.45, 2.75) is 6.54 Å². The second-order valence-electron chi connectivity index (χ2n) is 7.95. The second-order valence-corrected chi connectivity index (χ2v) is 7.95. The normalized spacial score (nSPS) is 11.3. The molecule has 1 amide bonds. The lowest BCUT2D eigenvalue weighted by atomic mass is 10.1. The standard InChI is InChI=1S/C28H22FN3O2/c29-24-8-3-5-21(16-24)18-32-14-13-23-15-20(11-12-26(23)32)17-30-31-28(33)19-34-27-10-4-7-22-6-1-2-9-25(22)27/h1-17H,18-19H2,(H,31,33)/b30-17-. The summed E-state index contributed by atoms with van der Waals surface area (Å²) in [5, 5.41) is 7.10. The van der Waals surface area contributed by atoms with E-state index < -0.39 is 0 Å². The summed E-state index contributed by atoms with van der Waals surface area (Å²) < 4.78 is 21.2. The molecule has 0 aliphatic rings. The maximum atomic E-state index is 13.5. The molecular weight excluding hydrogens is 429 g/mol. The highest BCUT2D eigenvalue weighted by atomic mass is 19.1. The van der Waals surface area contributed by atoms with Crippen LogP contribution in [0.1, 0.15) is 11.1 Å². The van der Waals surface area contributed by atoms with E-state index >= 15 is 0 Å². The van der Waals surface area contributed by atoms with Crippen molar-refractivity contribution in [2.75, 3.05) is 6.61 Å². The van der Waals surface area contributed by atoms with Crippen LogP contribution < -0.4 is 10.2 Å². The van der Waals surface area contributed by atoms with Crippen molar-refractivity contribution in [3.8, 4) is 5.75 Å². The van der Waals surface area contributed by atoms with Crippen LogP contribution in [-0.4, -0.2) is 23.3 Å². The Morgan fingerprint density at radius 3 is 2.71 bits per heavy atom. The number of nitrogens with one attached hydrogen (secondary N) is 1. The molecule has 4 aromatic carbocycles. The van der Waals surface area contributed by atoms with Crippen LogP contribution >= 0.6 is 0 Å². The lowest BCUT2D eigenvalue weighted by molar-refractivity contribution is -0.123. The average Bonchev–Trinajstić information content (AvgIpc) is 3.24. The van der Waals surface area contributed by atoms with Gasteiger partial charge in [0.25, 0.3) is 5.91 Å². The van der Waals surface area contributed by atoms with Crippen LogP contribution in [0.15, 0.2) is 102 Å². The first-order valence-electron chi connectivity index (χ1n) is 10.9. The van der Waals surface area contributed by atoms with Crippen LogP contribution in [0.25, 0.3) is 21.7 Å². The summed E-state index contributed by atoms with van der Waals surface area (Å²) >= 11 is 0. The first kappa shape index (κ1) is 21.4. The molecule has 168 valence electrons. The maximum absolute atomic E-state index is 13.5. The van der Waals surface area contributed by atoms with Gasteiger partial charge in [0, 0.05) is 29.0 Å². The van der Waals surface area contributed by atoms with E-state index in [-0.39, 0.29) is 18.3 Å². The van der Waals surface area contributed by atoms with E-state index in [1.165, 1.54) is 6.07 Å². The number of fused-ring (bicyclic) bond motifs is 2. The Kier molecular flexibility index (Phi) is 6.03. The number of amides is 1. The third-order valence-corrected chi connectivity index (χ3v) is 5.55. The minimum atomic E-state index is -0.341. The highest BCUT2D eigenvalue weighted by Gasteiger charge is 2.06. The fourth-order valence-electron chi connectivity index (χ4n) is 3.94. The van der Waals surface area contributed by atoms with Gasteiger partial charge in [-0.2, -0.15) is 5.10 Å². The molecule has 0 radical (unpaired) electrons. The number of carbonyl (C=O) groups is 1. The van der Waals surface area contributed by atoms with E-state index in [1.54, 1.807) is 18.3 Å². The van der Waals surface area contributed by atoms with Crippen LogP contribution in [0.4, 0.5) is 4.39 Å². The molecule has 0 saturated heterocycles. The summed E-state index contributed by atoms with van der Waals surface area (Å²) in [5.74, 6) is 0.0777. The highest BCUT2D eigenvalue weighted by Crippen LogP contribution is 2.25. The van der Waals surface area contributed by atoms with E-state index in [2.05, 4.69) is 15.1 Å². The number of aromatic nitrogens is 1. The molecule has 0 atom stereocenters. The first-order chi connectivity index (χ1) is 16.7. The summed E-state index contributed by atoms with van der Waals surface area (Å²) in [7, 11) is 0. The second kappa shape index (κ2) is 9.58. The van der Waals surface area contributed by atoms with Gasteiger partial charge in [0.2, 0.25) is 0 Å². The summed E-state index contributed by atoms with van der Waals surface area (Å²) in [6.45, 7) is 0.453. The van der Waals surface area contributed by atoms with Gasteiger partial charge < -0.3 is 9.30 Å². The molecule has 1 heterocycles. The Morgan fingerprint density at radius 2 is 1.79 bits per heavy atom. The SMILES string of the molecule is O=C(COc1cccc2ccccc12)N/N=C\c1ccc2c(ccn2Cc2cccc(F)c2)c1. The molecule has 0 saturated carbocycles. The number of ether oxygens (including phenoxy) is 1. The smallest absolute Gasteiger partial charge is 0.277 e. The first-order valence-corrected chi connectivity index (χ1v) is 10.9. The van der Waals surface area contributed by atoms with Gasteiger partial charge >= 0.3 is 0 Å². The Bertz CT molecular complexity index is 1500. The Balaban J connectivity index is 1.20. The minimum absolute atomic E-state index is 0.132. The fourth-order valence-corrected chi connectivity index (χ4v) is 3.94. The molecule has 0 unspecified atom stereocenters. The van der Waals surface area contributed by atoms with Crippen molar-refractivity contribution < 1.29 is 13.9 Å². The van der Waals surface area contributed by atoms with Gasteiger partial charge in [-0.1, -0.05) is 54.6 Å². The lowest BCUT2D eigenvalue weighted by Gasteiger charge is -2.08. The zero-order chi connectivity index (χ0) is 23.3. The quantitative estimate of drug-likeness (QED) is 0.262. The number of hydrogen-bond donors (Lipinski definition) is 1. The highest BCUT2D eigenvalue weighted by molar-refractivity contribution is 5.90. The molecule has 5 rings (SSSR count). The van der Waals surface area contributed by atoms with Crippen LogP contribution in [0, 0.1) is 5.82 Å². The zero-order valence-electron chi connectivity index (χ0n) is 18.3. The number of nitrogens with zero attached hydrogens (tertiary/aromatic N) is 2. The van der Waals surface area contributed by atoms with Gasteiger partial charge in [0.1, 0.15) is 11.6 Å². The largest absolute Gasteiger partial charge is 0.483 e. The molecule has 1 N–H and O–H groups in total. The maximum Gasteiger partial charge on any atom is 0.277 e. The molecule has 0 bridgehead atoms. The fraction of sp³-hybridized carbons (Fsp3) is 0.0714. The lowest BCUT2D eigenvalue weighted by Crippen LogP contribution is -2.24. The number of halogens is 1. The predicted octanol–water partition coefficient (Wildman–Crippen LogP) is 5.51. The van der Waals surface area contributed by atoms with Crippen molar-refractivity contribution in [1.82, 2.24) is 9.99 Å². The molecule has 5 aromatic rings. The van der Waals surface area contributed by atoms with Crippen LogP contribution in [-0.2, 0) is 11.3 Å². The molecule has 6 heteroatoms. The van der Waals surface area contributed by atoms with E-state index in [1.807, 2.05) is 79.0 Å². The summed E-state index contributed by atoms with van der Waals surface area (Å²) in [6, 6.07) is 28.1. The summed E-state index contributed by atoms with van der Waals surface area (Å²) in [4.78, 5) is 12.2. The van der Waals surface area contributed by atoms with E-state index in [9.17, 15) is 9.18 Å². The summed E-state index contributed by atoms with van der Waals surface area (Å²) in [5.41, 5.74) is 5.29. The van der Waals surface area contributed by atoms with Crippen LogP contribution in [0.5, 0.6) is 5.75 Å². The average molecular weight is 452 g/mol. The topological polar surface area (TPSA) is 55.6 Å². The third kappa shape index (κ3) is 4.81. The Morgan fingerprint density at radius 1 is 0.941 bits per heavy atom. The number of hydrazone groups is 1. The molecular formula is C28H22FN3O2. The van der Waals surface area contributed by atoms with Gasteiger partial charge in [0.05, 0.1) is 6.21 Å². The molecule has 0 spiro atoms. The molecule has 1 aromatic heterocycles. The van der Waals surface area contributed by atoms with Gasteiger partial charge in [-0.25, -0.2) is 9.82 Å². The minimum Gasteiger partial charge on any atom is -0.483 e. The molecule has 0 fully saturated rings. The van der Waals surface area contributed by atoms with Crippen molar-refractivity contribution in [1.29, 1.82) is 0 Å². The van der Waals surface area contributed by atoms with Gasteiger partial charge in [-0.15, -0.1) is 0 Å². The third-order valence-electron chi connectivity index (χ3n) is 5.55. The van der Waals surface area contributed by atoms with E-state index in [0.29, 0.717) is 12.3 Å². The van der Waals surface area contributed by atoms with Gasteiger partial charge in [0.15, 0.2) is 6.61 Å². The van der Waals surface area contributed by atoms with Crippen LogP contribution in [0.2, 0.25) is 0 Å². The Labute approximate surface area is 196 Å². The van der Waals surface area contributed by atoms with Gasteiger partial charge in [-0.05, 0) is 52.9 Å². The molecule has 0 aliphatic heterocycles. The van der Waals surface area contributed by atoms with E-state index in [4.69, 9.17) is 4.74 Å².